The number of nitrogens with one attached hydrogen (secondary N) is 2. The minimum absolute atomic E-state index is 0. The van der Waals surface area contributed by atoms with Gasteiger partial charge in [0.1, 0.15) is 0 Å². The standard InChI is InChI=1S/C13H24N4O2.ClH/c1-3-7-15-13(19)16-12(18)9-17-8-5-4-6-11(17)10(2)14;/h3,10-11H,1,4-9,14H2,2H3,(H2,15,16,18,19);1H. The summed E-state index contributed by atoms with van der Waals surface area (Å²) < 4.78 is 0. The predicted molar refractivity (Wildman–Crippen MR) is 81.8 cm³/mol. The molecular formula is C13H25ClN4O2. The first kappa shape index (κ1) is 18.9. The summed E-state index contributed by atoms with van der Waals surface area (Å²) in [5, 5.41) is 4.80. The third-order valence-electron chi connectivity index (χ3n) is 3.28. The maximum Gasteiger partial charge on any atom is 0.321 e. The minimum Gasteiger partial charge on any atom is -0.334 e. The molecule has 0 aromatic rings. The molecule has 4 N–H and O–H groups in total. The normalized spacial score (nSPS) is 20.4. The molecule has 2 atom stereocenters. The Morgan fingerprint density at radius 1 is 1.50 bits per heavy atom. The Labute approximate surface area is 126 Å². The topological polar surface area (TPSA) is 87.5 Å². The second-order valence-corrected chi connectivity index (χ2v) is 4.94. The summed E-state index contributed by atoms with van der Waals surface area (Å²) in [4.78, 5) is 25.2. The molecular weight excluding hydrogens is 280 g/mol. The predicted octanol–water partition coefficient (Wildman–Crippen LogP) is 0.622. The maximum absolute atomic E-state index is 11.8. The fourth-order valence-corrected chi connectivity index (χ4v) is 2.37. The fourth-order valence-electron chi connectivity index (χ4n) is 2.37. The van der Waals surface area contributed by atoms with Crippen molar-refractivity contribution in [2.75, 3.05) is 19.6 Å². The molecule has 0 bridgehead atoms. The number of hydrogen-bond acceptors (Lipinski definition) is 4. The molecule has 1 aliphatic heterocycles. The Kier molecular flexibility index (Phi) is 9.20. The van der Waals surface area contributed by atoms with E-state index in [1.807, 2.05) is 6.92 Å². The van der Waals surface area contributed by atoms with Crippen molar-refractivity contribution in [3.05, 3.63) is 12.7 Å². The van der Waals surface area contributed by atoms with E-state index in [0.717, 1.165) is 25.8 Å². The van der Waals surface area contributed by atoms with E-state index in [1.54, 1.807) is 6.08 Å². The van der Waals surface area contributed by atoms with Crippen molar-refractivity contribution in [2.45, 2.75) is 38.3 Å². The van der Waals surface area contributed by atoms with Crippen LogP contribution >= 0.6 is 12.4 Å². The number of imide groups is 1. The van der Waals surface area contributed by atoms with Crippen LogP contribution in [-0.2, 0) is 4.79 Å². The molecule has 0 aromatic carbocycles. The number of carbonyl (C=O) groups excluding carboxylic acids is 2. The number of nitrogens with two attached hydrogens (primary N) is 1. The van der Waals surface area contributed by atoms with E-state index in [9.17, 15) is 9.59 Å². The highest BCUT2D eigenvalue weighted by Crippen LogP contribution is 2.18. The highest BCUT2D eigenvalue weighted by Gasteiger charge is 2.27. The first-order valence-electron chi connectivity index (χ1n) is 6.72. The third-order valence-corrected chi connectivity index (χ3v) is 3.28. The van der Waals surface area contributed by atoms with Crippen molar-refractivity contribution < 1.29 is 9.59 Å². The largest absolute Gasteiger partial charge is 0.334 e. The van der Waals surface area contributed by atoms with Gasteiger partial charge in [0.15, 0.2) is 0 Å². The van der Waals surface area contributed by atoms with E-state index in [0.29, 0.717) is 6.54 Å². The minimum atomic E-state index is -0.487. The quantitative estimate of drug-likeness (QED) is 0.650. The first-order valence-corrected chi connectivity index (χ1v) is 6.72. The van der Waals surface area contributed by atoms with Crippen LogP contribution in [0, 0.1) is 0 Å². The van der Waals surface area contributed by atoms with Crippen molar-refractivity contribution in [1.29, 1.82) is 0 Å². The molecule has 0 aliphatic carbocycles. The van der Waals surface area contributed by atoms with Gasteiger partial charge in [-0.1, -0.05) is 12.5 Å². The average molecular weight is 305 g/mol. The molecule has 0 radical (unpaired) electrons. The van der Waals surface area contributed by atoms with Gasteiger partial charge < -0.3 is 11.1 Å². The van der Waals surface area contributed by atoms with Crippen molar-refractivity contribution in [2.24, 2.45) is 5.73 Å². The number of halogens is 1. The van der Waals surface area contributed by atoms with E-state index >= 15 is 0 Å². The van der Waals surface area contributed by atoms with Crippen LogP contribution in [0.5, 0.6) is 0 Å². The summed E-state index contributed by atoms with van der Waals surface area (Å²) in [5.41, 5.74) is 5.94. The molecule has 1 fully saturated rings. The van der Waals surface area contributed by atoms with Gasteiger partial charge in [0.05, 0.1) is 6.54 Å². The van der Waals surface area contributed by atoms with Crippen molar-refractivity contribution in [3.63, 3.8) is 0 Å². The van der Waals surface area contributed by atoms with Crippen LogP contribution in [0.2, 0.25) is 0 Å². The van der Waals surface area contributed by atoms with Crippen LogP contribution in [-0.4, -0.2) is 48.6 Å². The molecule has 20 heavy (non-hydrogen) atoms. The van der Waals surface area contributed by atoms with Crippen LogP contribution < -0.4 is 16.4 Å². The number of piperidine rings is 1. The highest BCUT2D eigenvalue weighted by molar-refractivity contribution is 5.95. The van der Waals surface area contributed by atoms with Crippen LogP contribution in [0.25, 0.3) is 0 Å². The summed E-state index contributed by atoms with van der Waals surface area (Å²) in [6, 6.07) is -0.238. The molecule has 1 aliphatic rings. The van der Waals surface area contributed by atoms with Crippen LogP contribution in [0.1, 0.15) is 26.2 Å². The van der Waals surface area contributed by atoms with E-state index < -0.39 is 6.03 Å². The molecule has 2 unspecified atom stereocenters. The SMILES string of the molecule is C=CCNC(=O)NC(=O)CN1CCCCC1C(C)N.Cl. The summed E-state index contributed by atoms with van der Waals surface area (Å²) >= 11 is 0. The van der Waals surface area contributed by atoms with Crippen LogP contribution in [0.3, 0.4) is 0 Å². The van der Waals surface area contributed by atoms with E-state index in [4.69, 9.17) is 5.73 Å². The lowest BCUT2D eigenvalue weighted by atomic mass is 9.97. The summed E-state index contributed by atoms with van der Waals surface area (Å²) in [6.07, 6.45) is 4.78. The number of carbonyl (C=O) groups is 2. The summed E-state index contributed by atoms with van der Waals surface area (Å²) in [6.45, 7) is 6.85. The van der Waals surface area contributed by atoms with Crippen molar-refractivity contribution >= 4 is 24.3 Å². The monoisotopic (exact) mass is 304 g/mol. The lowest BCUT2D eigenvalue weighted by molar-refractivity contribution is -0.122. The van der Waals surface area contributed by atoms with Crippen molar-refractivity contribution in [3.8, 4) is 0 Å². The second-order valence-electron chi connectivity index (χ2n) is 4.94. The van der Waals surface area contributed by atoms with Gasteiger partial charge in [0.25, 0.3) is 0 Å². The van der Waals surface area contributed by atoms with Gasteiger partial charge in [0.2, 0.25) is 5.91 Å². The van der Waals surface area contributed by atoms with E-state index in [1.165, 1.54) is 0 Å². The van der Waals surface area contributed by atoms with Gasteiger partial charge in [-0.05, 0) is 26.3 Å². The second kappa shape index (κ2) is 9.74. The number of rotatable bonds is 5. The summed E-state index contributed by atoms with van der Waals surface area (Å²) in [5.74, 6) is -0.297. The lowest BCUT2D eigenvalue weighted by Crippen LogP contribution is -2.53. The molecule has 0 spiro atoms. The summed E-state index contributed by atoms with van der Waals surface area (Å²) in [7, 11) is 0. The van der Waals surface area contributed by atoms with Gasteiger partial charge in [-0.2, -0.15) is 0 Å². The Morgan fingerprint density at radius 3 is 2.80 bits per heavy atom. The van der Waals surface area contributed by atoms with E-state index in [-0.39, 0.29) is 36.9 Å². The fraction of sp³-hybridized carbons (Fsp3) is 0.692. The van der Waals surface area contributed by atoms with Gasteiger partial charge in [-0.15, -0.1) is 19.0 Å². The molecule has 3 amide bonds. The molecule has 6 nitrogen and oxygen atoms in total. The molecule has 0 aromatic heterocycles. The van der Waals surface area contributed by atoms with Gasteiger partial charge >= 0.3 is 6.03 Å². The Bertz CT molecular complexity index is 336. The third kappa shape index (κ3) is 6.36. The Balaban J connectivity index is 0.00000361. The zero-order valence-electron chi connectivity index (χ0n) is 11.9. The molecule has 1 rings (SSSR count). The molecule has 7 heteroatoms. The number of nitrogens with zero attached hydrogens (tertiary/aromatic N) is 1. The zero-order chi connectivity index (χ0) is 14.3. The van der Waals surface area contributed by atoms with Crippen molar-refractivity contribution in [1.82, 2.24) is 15.5 Å². The lowest BCUT2D eigenvalue weighted by Gasteiger charge is -2.37. The Morgan fingerprint density at radius 2 is 2.20 bits per heavy atom. The number of likely N-dealkylation sites (tertiary alicyclic amines) is 1. The van der Waals surface area contributed by atoms with E-state index in [2.05, 4.69) is 22.1 Å². The number of hydrogen-bond donors (Lipinski definition) is 3. The van der Waals surface area contributed by atoms with Gasteiger partial charge in [-0.25, -0.2) is 4.79 Å². The highest BCUT2D eigenvalue weighted by atomic mass is 35.5. The smallest absolute Gasteiger partial charge is 0.321 e. The molecule has 116 valence electrons. The van der Waals surface area contributed by atoms with Crippen LogP contribution in [0.15, 0.2) is 12.7 Å². The Hall–Kier alpha value is -1.11. The maximum atomic E-state index is 11.8. The van der Waals surface area contributed by atoms with Gasteiger partial charge in [0, 0.05) is 18.6 Å². The molecule has 1 saturated heterocycles. The zero-order valence-corrected chi connectivity index (χ0v) is 12.7. The average Bonchev–Trinajstić information content (AvgIpc) is 2.36. The number of urea groups is 1. The molecule has 0 saturated carbocycles. The van der Waals surface area contributed by atoms with Crippen LogP contribution in [0.4, 0.5) is 4.79 Å². The first-order chi connectivity index (χ1) is 9.04. The molecule has 1 heterocycles. The van der Waals surface area contributed by atoms with Gasteiger partial charge in [-0.3, -0.25) is 15.0 Å². The number of amides is 3.